The zero-order chi connectivity index (χ0) is 13.1. The summed E-state index contributed by atoms with van der Waals surface area (Å²) in [5.74, 6) is -0.0164. The first kappa shape index (κ1) is 11.7. The minimum Gasteiger partial charge on any atom is -0.288 e. The third-order valence-corrected chi connectivity index (χ3v) is 3.55. The molecule has 0 spiro atoms. The van der Waals surface area contributed by atoms with Gasteiger partial charge in [0.05, 0.1) is 10.4 Å². The first-order chi connectivity index (χ1) is 9.33. The number of benzene rings is 1. The molecule has 0 atom stereocenters. The number of aromatic nitrogens is 2. The predicted octanol–water partition coefficient (Wildman–Crippen LogP) is 3.59. The Bertz CT molecular complexity index is 748. The van der Waals surface area contributed by atoms with Crippen molar-refractivity contribution in [1.82, 2.24) is 9.97 Å². The lowest BCUT2D eigenvalue weighted by Gasteiger charge is -1.98. The van der Waals surface area contributed by atoms with Crippen molar-refractivity contribution in [2.24, 2.45) is 0 Å². The number of ketones is 1. The van der Waals surface area contributed by atoms with Crippen LogP contribution in [-0.4, -0.2) is 15.8 Å². The monoisotopic (exact) mass is 266 g/mol. The van der Waals surface area contributed by atoms with Crippen molar-refractivity contribution in [3.05, 3.63) is 64.9 Å². The molecule has 3 nitrogen and oxygen atoms in total. The van der Waals surface area contributed by atoms with Crippen LogP contribution in [0.15, 0.2) is 54.4 Å². The van der Waals surface area contributed by atoms with Crippen molar-refractivity contribution < 1.29 is 4.79 Å². The molecule has 2 aromatic heterocycles. The van der Waals surface area contributed by atoms with Gasteiger partial charge in [-0.25, -0.2) is 0 Å². The van der Waals surface area contributed by atoms with Crippen LogP contribution in [0.25, 0.3) is 16.8 Å². The minimum absolute atomic E-state index is 0.0164. The number of carbonyl (C=O) groups is 1. The molecule has 4 heteroatoms. The van der Waals surface area contributed by atoms with Gasteiger partial charge in [-0.1, -0.05) is 18.2 Å². The van der Waals surface area contributed by atoms with Crippen molar-refractivity contribution in [1.29, 1.82) is 0 Å². The maximum Gasteiger partial charge on any atom is 0.197 e. The van der Waals surface area contributed by atoms with Gasteiger partial charge in [0.2, 0.25) is 0 Å². The van der Waals surface area contributed by atoms with E-state index in [4.69, 9.17) is 0 Å². The second-order valence-corrected chi connectivity index (χ2v) is 4.93. The predicted molar refractivity (Wildman–Crippen MR) is 77.2 cm³/mol. The summed E-state index contributed by atoms with van der Waals surface area (Å²) in [6.45, 7) is 0. The number of allylic oxidation sites excluding steroid dienone is 1. The SMILES string of the molecule is O=C(/C=C/c1ccc2cnccc2c1)c1cncs1. The fraction of sp³-hybridized carbons (Fsp3) is 0. The molecule has 0 amide bonds. The highest BCUT2D eigenvalue weighted by Crippen LogP contribution is 2.16. The number of hydrogen-bond acceptors (Lipinski definition) is 4. The lowest BCUT2D eigenvalue weighted by molar-refractivity contribution is 0.105. The van der Waals surface area contributed by atoms with Gasteiger partial charge in [-0.15, -0.1) is 11.3 Å². The standard InChI is InChI=1S/C15H10N2OS/c18-14(15-9-17-10-19-15)4-2-11-1-3-13-8-16-6-5-12(13)7-11/h1-10H/b4-2+. The van der Waals surface area contributed by atoms with E-state index in [2.05, 4.69) is 9.97 Å². The molecular formula is C15H10N2OS. The Hall–Kier alpha value is -2.33. The summed E-state index contributed by atoms with van der Waals surface area (Å²) in [7, 11) is 0. The van der Waals surface area contributed by atoms with E-state index >= 15 is 0 Å². The normalized spacial score (nSPS) is 11.2. The number of hydrogen-bond donors (Lipinski definition) is 0. The van der Waals surface area contributed by atoms with Gasteiger partial charge in [0.25, 0.3) is 0 Å². The molecule has 0 fully saturated rings. The molecule has 19 heavy (non-hydrogen) atoms. The van der Waals surface area contributed by atoms with Crippen molar-refractivity contribution in [3.63, 3.8) is 0 Å². The quantitative estimate of drug-likeness (QED) is 0.537. The minimum atomic E-state index is -0.0164. The molecule has 0 saturated carbocycles. The average Bonchev–Trinajstić information content (AvgIpc) is 2.99. The van der Waals surface area contributed by atoms with Gasteiger partial charge in [0.15, 0.2) is 5.78 Å². The molecule has 3 rings (SSSR count). The number of pyridine rings is 1. The molecule has 92 valence electrons. The van der Waals surface area contributed by atoms with Crippen molar-refractivity contribution >= 4 is 34.0 Å². The van der Waals surface area contributed by atoms with E-state index in [0.29, 0.717) is 4.88 Å². The molecule has 2 heterocycles. The first-order valence-corrected chi connectivity index (χ1v) is 6.65. The molecule has 0 saturated heterocycles. The van der Waals surface area contributed by atoms with Crippen LogP contribution in [0, 0.1) is 0 Å². The van der Waals surface area contributed by atoms with E-state index in [1.54, 1.807) is 24.0 Å². The second-order valence-electron chi connectivity index (χ2n) is 4.05. The largest absolute Gasteiger partial charge is 0.288 e. The average molecular weight is 266 g/mol. The summed E-state index contributed by atoms with van der Waals surface area (Å²) in [6.07, 6.45) is 8.57. The van der Waals surface area contributed by atoms with Crippen LogP contribution in [0.2, 0.25) is 0 Å². The summed E-state index contributed by atoms with van der Waals surface area (Å²) in [4.78, 5) is 20.4. The lowest BCUT2D eigenvalue weighted by Crippen LogP contribution is -1.88. The van der Waals surface area contributed by atoms with E-state index in [1.807, 2.05) is 36.5 Å². The Kier molecular flexibility index (Phi) is 3.16. The lowest BCUT2D eigenvalue weighted by atomic mass is 10.1. The van der Waals surface area contributed by atoms with Gasteiger partial charge >= 0.3 is 0 Å². The molecule has 0 unspecified atom stereocenters. The molecule has 0 aliphatic carbocycles. The zero-order valence-electron chi connectivity index (χ0n) is 9.98. The Morgan fingerprint density at radius 1 is 1.11 bits per heavy atom. The highest BCUT2D eigenvalue weighted by Gasteiger charge is 2.02. The smallest absolute Gasteiger partial charge is 0.197 e. The molecule has 0 radical (unpaired) electrons. The Balaban J connectivity index is 1.87. The van der Waals surface area contributed by atoms with Gasteiger partial charge in [0.1, 0.15) is 0 Å². The summed E-state index contributed by atoms with van der Waals surface area (Å²) in [5.41, 5.74) is 2.65. The van der Waals surface area contributed by atoms with Crippen molar-refractivity contribution in [3.8, 4) is 0 Å². The van der Waals surface area contributed by atoms with Crippen LogP contribution in [0.3, 0.4) is 0 Å². The topological polar surface area (TPSA) is 42.9 Å². The number of fused-ring (bicyclic) bond motifs is 1. The number of nitrogens with zero attached hydrogens (tertiary/aromatic N) is 2. The van der Waals surface area contributed by atoms with E-state index < -0.39 is 0 Å². The van der Waals surface area contributed by atoms with E-state index in [0.717, 1.165) is 16.3 Å². The van der Waals surface area contributed by atoms with Gasteiger partial charge < -0.3 is 0 Å². The van der Waals surface area contributed by atoms with Crippen molar-refractivity contribution in [2.45, 2.75) is 0 Å². The molecule has 0 N–H and O–H groups in total. The van der Waals surface area contributed by atoms with Crippen molar-refractivity contribution in [2.75, 3.05) is 0 Å². The summed E-state index contributed by atoms with van der Waals surface area (Å²) in [5, 5.41) is 2.20. The molecule has 0 aliphatic rings. The Morgan fingerprint density at radius 2 is 2.05 bits per heavy atom. The van der Waals surface area contributed by atoms with Gasteiger partial charge in [0, 0.05) is 24.0 Å². The maximum atomic E-state index is 11.8. The Labute approximate surface area is 114 Å². The van der Waals surface area contributed by atoms with E-state index in [-0.39, 0.29) is 5.78 Å². The molecule has 0 aliphatic heterocycles. The third-order valence-electron chi connectivity index (χ3n) is 2.77. The van der Waals surface area contributed by atoms with E-state index in [1.165, 1.54) is 11.3 Å². The summed E-state index contributed by atoms with van der Waals surface area (Å²) < 4.78 is 0. The fourth-order valence-electron chi connectivity index (χ4n) is 1.80. The first-order valence-electron chi connectivity index (χ1n) is 5.77. The molecule has 3 aromatic rings. The molecular weight excluding hydrogens is 256 g/mol. The second kappa shape index (κ2) is 5.12. The van der Waals surface area contributed by atoms with E-state index in [9.17, 15) is 4.79 Å². The highest BCUT2D eigenvalue weighted by molar-refractivity contribution is 7.11. The number of rotatable bonds is 3. The van der Waals surface area contributed by atoms with Crippen LogP contribution in [0.1, 0.15) is 15.2 Å². The van der Waals surface area contributed by atoms with Crippen LogP contribution in [0.5, 0.6) is 0 Å². The molecule has 0 bridgehead atoms. The molecule has 1 aromatic carbocycles. The van der Waals surface area contributed by atoms with Crippen LogP contribution in [-0.2, 0) is 0 Å². The van der Waals surface area contributed by atoms with Crippen LogP contribution >= 0.6 is 11.3 Å². The maximum absolute atomic E-state index is 11.8. The van der Waals surface area contributed by atoms with Crippen LogP contribution in [0.4, 0.5) is 0 Å². The highest BCUT2D eigenvalue weighted by atomic mass is 32.1. The number of carbonyl (C=O) groups excluding carboxylic acids is 1. The van der Waals surface area contributed by atoms with Gasteiger partial charge in [-0.3, -0.25) is 14.8 Å². The summed E-state index contributed by atoms with van der Waals surface area (Å²) in [6, 6.07) is 7.96. The number of thiazole rings is 1. The third kappa shape index (κ3) is 2.58. The van der Waals surface area contributed by atoms with Gasteiger partial charge in [-0.2, -0.15) is 0 Å². The van der Waals surface area contributed by atoms with Crippen LogP contribution < -0.4 is 0 Å². The Morgan fingerprint density at radius 3 is 2.89 bits per heavy atom. The summed E-state index contributed by atoms with van der Waals surface area (Å²) >= 11 is 1.35. The zero-order valence-corrected chi connectivity index (χ0v) is 10.8. The van der Waals surface area contributed by atoms with Gasteiger partial charge in [-0.05, 0) is 29.2 Å². The fourth-order valence-corrected chi connectivity index (χ4v) is 2.34.